The van der Waals surface area contributed by atoms with Crippen LogP contribution in [0.3, 0.4) is 0 Å². The van der Waals surface area contributed by atoms with Crippen LogP contribution >= 0.6 is 0 Å². The van der Waals surface area contributed by atoms with Crippen molar-refractivity contribution in [2.75, 3.05) is 6.61 Å². The van der Waals surface area contributed by atoms with Crippen LogP contribution in [0.1, 0.15) is 50.4 Å². The third kappa shape index (κ3) is 8.48. The topological polar surface area (TPSA) is 76.4 Å². The number of carbonyl (C=O) groups is 2. The number of ether oxygens (including phenoxy) is 2. The number of nitrogens with one attached hydrogen (secondary N) is 1. The largest absolute Gasteiger partial charge is 0.427 e. The molecule has 1 aliphatic carbocycles. The molecule has 27 heavy (non-hydrogen) atoms. The van der Waals surface area contributed by atoms with Crippen LogP contribution in [0.15, 0.2) is 42.2 Å². The van der Waals surface area contributed by atoms with Gasteiger partial charge in [0.05, 0.1) is 11.7 Å². The summed E-state index contributed by atoms with van der Waals surface area (Å²) >= 11 is 0. The minimum absolute atomic E-state index is 0.0158. The molecule has 0 fully saturated rings. The number of allylic oxidation sites excluding steroid dienone is 2. The average molecular weight is 369 g/mol. The Morgan fingerprint density at radius 2 is 2.00 bits per heavy atom. The second-order valence-corrected chi connectivity index (χ2v) is 6.98. The lowest BCUT2D eigenvalue weighted by molar-refractivity contribution is -0.117. The van der Waals surface area contributed by atoms with Gasteiger partial charge in [0.1, 0.15) is 12.4 Å². The molecule has 1 aliphatic rings. The first-order valence-corrected chi connectivity index (χ1v) is 8.87. The monoisotopic (exact) mass is 369 g/mol. The van der Waals surface area contributed by atoms with Gasteiger partial charge >= 0.3 is 5.97 Å². The van der Waals surface area contributed by atoms with Crippen LogP contribution < -0.4 is 0 Å². The van der Waals surface area contributed by atoms with Crippen molar-refractivity contribution in [1.29, 1.82) is 5.41 Å². The van der Waals surface area contributed by atoms with Gasteiger partial charge in [-0.25, -0.2) is 4.79 Å². The Kier molecular flexibility index (Phi) is 9.18. The highest BCUT2D eigenvalue weighted by Crippen LogP contribution is 2.34. The minimum atomic E-state index is -0.410. The molecule has 1 aromatic rings. The maximum Gasteiger partial charge on any atom is 0.343 e. The summed E-state index contributed by atoms with van der Waals surface area (Å²) in [6.45, 7) is 6.24. The fraction of sp³-hybridized carbons (Fsp3) is 0.409. The van der Waals surface area contributed by atoms with Gasteiger partial charge in [0.2, 0.25) is 0 Å². The van der Waals surface area contributed by atoms with Crippen molar-refractivity contribution in [1.82, 2.24) is 0 Å². The molecule has 0 heterocycles. The van der Waals surface area contributed by atoms with Gasteiger partial charge in [0, 0.05) is 25.1 Å². The van der Waals surface area contributed by atoms with Crippen molar-refractivity contribution in [2.24, 2.45) is 5.41 Å². The van der Waals surface area contributed by atoms with Gasteiger partial charge in [-0.05, 0) is 24.0 Å². The normalized spacial score (nSPS) is 16.1. The fourth-order valence-electron chi connectivity index (χ4n) is 2.54. The first-order chi connectivity index (χ1) is 12.8. The number of esters is 1. The molecule has 1 unspecified atom stereocenters. The highest BCUT2D eigenvalue weighted by Gasteiger charge is 2.29. The van der Waals surface area contributed by atoms with Crippen molar-refractivity contribution in [3.8, 4) is 12.3 Å². The van der Waals surface area contributed by atoms with Gasteiger partial charge in [0.25, 0.3) is 0 Å². The van der Waals surface area contributed by atoms with Gasteiger partial charge in [0.15, 0.2) is 5.78 Å². The molecular formula is C22H27NO4. The summed E-state index contributed by atoms with van der Waals surface area (Å²) in [6.07, 6.45) is 9.46. The lowest BCUT2D eigenvalue weighted by Gasteiger charge is -2.27. The third-order valence-electron chi connectivity index (χ3n) is 3.83. The number of rotatable bonds is 6. The smallest absolute Gasteiger partial charge is 0.343 e. The van der Waals surface area contributed by atoms with E-state index < -0.39 is 5.97 Å². The van der Waals surface area contributed by atoms with Crippen LogP contribution in [0.2, 0.25) is 0 Å². The van der Waals surface area contributed by atoms with Crippen molar-refractivity contribution >= 4 is 18.0 Å². The first kappa shape index (κ1) is 22.3. The van der Waals surface area contributed by atoms with Crippen molar-refractivity contribution < 1.29 is 19.1 Å². The number of ketones is 1. The average Bonchev–Trinajstić information content (AvgIpc) is 2.62. The standard InChI is InChI=1S/C15H16O3.C7H11NO/c1-15(2)9-12(16)8-13(10-15)18-14(17)11-6-4-3-5-7-11;1-3-5-9-7(4-2)6-8/h3-8H,9-10H2,1-2H3;1,6-8H,4-5H2,2H3. The van der Waals surface area contributed by atoms with E-state index in [1.807, 2.05) is 26.8 Å². The number of hydrogen-bond donors (Lipinski definition) is 1. The highest BCUT2D eigenvalue weighted by atomic mass is 16.5. The Morgan fingerprint density at radius 1 is 1.33 bits per heavy atom. The van der Waals surface area contributed by atoms with Crippen LogP contribution in [0.5, 0.6) is 0 Å². The zero-order valence-corrected chi connectivity index (χ0v) is 16.2. The van der Waals surface area contributed by atoms with E-state index in [0.717, 1.165) is 6.42 Å². The molecule has 144 valence electrons. The van der Waals surface area contributed by atoms with Crippen molar-refractivity contribution in [3.05, 3.63) is 47.7 Å². The summed E-state index contributed by atoms with van der Waals surface area (Å²) in [4.78, 5) is 23.4. The number of benzene rings is 1. The molecule has 5 heteroatoms. The van der Waals surface area contributed by atoms with E-state index in [1.54, 1.807) is 24.3 Å². The second-order valence-electron chi connectivity index (χ2n) is 6.98. The molecule has 0 amide bonds. The van der Waals surface area contributed by atoms with E-state index in [0.29, 0.717) is 30.8 Å². The summed E-state index contributed by atoms with van der Waals surface area (Å²) in [5, 5.41) is 6.82. The zero-order chi connectivity index (χ0) is 20.3. The van der Waals surface area contributed by atoms with E-state index in [2.05, 4.69) is 5.92 Å². The molecule has 0 aliphatic heterocycles. The van der Waals surface area contributed by atoms with E-state index in [1.165, 1.54) is 12.3 Å². The van der Waals surface area contributed by atoms with E-state index >= 15 is 0 Å². The summed E-state index contributed by atoms with van der Waals surface area (Å²) in [5.74, 6) is 2.41. The van der Waals surface area contributed by atoms with Crippen LogP contribution in [0.4, 0.5) is 0 Å². The minimum Gasteiger partial charge on any atom is -0.427 e. The van der Waals surface area contributed by atoms with Gasteiger partial charge in [-0.3, -0.25) is 4.79 Å². The Labute approximate surface area is 161 Å². The maximum atomic E-state index is 11.9. The number of terminal acetylenes is 1. The SMILES string of the molecule is C#CCOC(C=N)CC.CC1(C)CC(=O)C=C(OC(=O)c2ccccc2)C1. The Morgan fingerprint density at radius 3 is 2.52 bits per heavy atom. The summed E-state index contributed by atoms with van der Waals surface area (Å²) in [5.41, 5.74) is 0.354. The van der Waals surface area contributed by atoms with Crippen LogP contribution in [0, 0.1) is 23.2 Å². The lowest BCUT2D eigenvalue weighted by Crippen LogP contribution is -2.23. The molecule has 0 bridgehead atoms. The van der Waals surface area contributed by atoms with E-state index in [-0.39, 0.29) is 17.3 Å². The molecule has 0 radical (unpaired) electrons. The summed E-state index contributed by atoms with van der Waals surface area (Å²) in [6, 6.07) is 8.78. The van der Waals surface area contributed by atoms with E-state index in [9.17, 15) is 9.59 Å². The van der Waals surface area contributed by atoms with Gasteiger partial charge in [-0.15, -0.1) is 6.42 Å². The predicted octanol–water partition coefficient (Wildman–Crippen LogP) is 4.18. The first-order valence-electron chi connectivity index (χ1n) is 8.87. The van der Waals surface area contributed by atoms with Crippen LogP contribution in [-0.4, -0.2) is 30.7 Å². The molecule has 1 N–H and O–H groups in total. The maximum absolute atomic E-state index is 11.9. The molecule has 1 aromatic carbocycles. The fourth-order valence-corrected chi connectivity index (χ4v) is 2.54. The summed E-state index contributed by atoms with van der Waals surface area (Å²) in [7, 11) is 0. The quantitative estimate of drug-likeness (QED) is 0.464. The van der Waals surface area contributed by atoms with Gasteiger partial charge < -0.3 is 14.9 Å². The molecule has 0 saturated heterocycles. The Hall–Kier alpha value is -2.71. The Bertz CT molecular complexity index is 714. The summed E-state index contributed by atoms with van der Waals surface area (Å²) < 4.78 is 10.3. The molecule has 0 aromatic heterocycles. The van der Waals surface area contributed by atoms with Crippen LogP contribution in [-0.2, 0) is 14.3 Å². The predicted molar refractivity (Wildman–Crippen MR) is 106 cm³/mol. The highest BCUT2D eigenvalue weighted by molar-refractivity contribution is 5.93. The van der Waals surface area contributed by atoms with E-state index in [4.69, 9.17) is 21.3 Å². The molecular weight excluding hydrogens is 342 g/mol. The van der Waals surface area contributed by atoms with Gasteiger partial charge in [-0.1, -0.05) is 44.9 Å². The molecule has 1 atom stereocenters. The molecule has 0 spiro atoms. The lowest BCUT2D eigenvalue weighted by atomic mass is 9.79. The zero-order valence-electron chi connectivity index (χ0n) is 16.2. The van der Waals surface area contributed by atoms with Crippen LogP contribution in [0.25, 0.3) is 0 Å². The van der Waals surface area contributed by atoms with Crippen molar-refractivity contribution in [3.63, 3.8) is 0 Å². The third-order valence-corrected chi connectivity index (χ3v) is 3.83. The molecule has 5 nitrogen and oxygen atoms in total. The number of carbonyl (C=O) groups excluding carboxylic acids is 2. The molecule has 0 saturated carbocycles. The van der Waals surface area contributed by atoms with Gasteiger partial charge in [-0.2, -0.15) is 0 Å². The van der Waals surface area contributed by atoms with Crippen molar-refractivity contribution in [2.45, 2.75) is 46.1 Å². The molecule has 2 rings (SSSR count). The Balaban J connectivity index is 0.000000345. The number of hydrogen-bond acceptors (Lipinski definition) is 5. The second kappa shape index (κ2) is 11.1.